The topological polar surface area (TPSA) is 75.7 Å². The second-order valence-corrected chi connectivity index (χ2v) is 9.16. The van der Waals surface area contributed by atoms with E-state index < -0.39 is 15.8 Å². The Hall–Kier alpha value is -2.45. The van der Waals surface area contributed by atoms with Gasteiger partial charge in [0.1, 0.15) is 16.5 Å². The van der Waals surface area contributed by atoms with Crippen LogP contribution in [0.3, 0.4) is 0 Å². The third-order valence-electron chi connectivity index (χ3n) is 5.27. The first kappa shape index (κ1) is 21.3. The zero-order valence-electron chi connectivity index (χ0n) is 16.7. The molecule has 1 fully saturated rings. The molecule has 0 aliphatic carbocycles. The van der Waals surface area contributed by atoms with Gasteiger partial charge in [-0.25, -0.2) is 12.8 Å². The molecule has 6 nitrogen and oxygen atoms in total. The number of hydrogen-bond donors (Lipinski definition) is 1. The quantitative estimate of drug-likeness (QED) is 0.807. The number of methoxy groups -OCH3 is 1. The lowest BCUT2D eigenvalue weighted by Gasteiger charge is -2.32. The highest BCUT2D eigenvalue weighted by Gasteiger charge is 2.32. The maximum atomic E-state index is 13.3. The molecule has 2 aromatic carbocycles. The van der Waals surface area contributed by atoms with Gasteiger partial charge in [-0.3, -0.25) is 4.79 Å². The summed E-state index contributed by atoms with van der Waals surface area (Å²) in [5.74, 6) is -0.503. The van der Waals surface area contributed by atoms with Crippen molar-refractivity contribution >= 4 is 15.9 Å². The van der Waals surface area contributed by atoms with Gasteiger partial charge in [-0.2, -0.15) is 4.31 Å². The molecule has 2 aromatic rings. The van der Waals surface area contributed by atoms with Crippen molar-refractivity contribution in [3.63, 3.8) is 0 Å². The maximum absolute atomic E-state index is 13.3. The van der Waals surface area contributed by atoms with E-state index in [0.29, 0.717) is 18.6 Å². The molecule has 29 heavy (non-hydrogen) atoms. The molecule has 0 atom stereocenters. The van der Waals surface area contributed by atoms with Crippen LogP contribution in [0.2, 0.25) is 0 Å². The fourth-order valence-corrected chi connectivity index (χ4v) is 5.09. The van der Waals surface area contributed by atoms with Crippen molar-refractivity contribution in [3.05, 3.63) is 58.9 Å². The number of rotatable bonds is 5. The molecule has 0 radical (unpaired) electrons. The number of halogens is 1. The highest BCUT2D eigenvalue weighted by molar-refractivity contribution is 7.89. The first-order valence-electron chi connectivity index (χ1n) is 9.44. The first-order chi connectivity index (χ1) is 13.7. The van der Waals surface area contributed by atoms with Crippen molar-refractivity contribution in [2.24, 2.45) is 0 Å². The Morgan fingerprint density at radius 1 is 1.14 bits per heavy atom. The standard InChI is InChI=1S/C21H25FN2O4S/c1-14-11-19(28-3)20(12-15(14)2)29(26,27)24-9-7-18(8-10-24)23-21(25)16-5-4-6-17(22)13-16/h4-6,11-13,18H,7-10H2,1-3H3,(H,23,25). The SMILES string of the molecule is COc1cc(C)c(C)cc1S(=O)(=O)N1CCC(NC(=O)c2cccc(F)c2)CC1. The van der Waals surface area contributed by atoms with Crippen molar-refractivity contribution in [3.8, 4) is 5.75 Å². The van der Waals surface area contributed by atoms with Gasteiger partial charge in [-0.1, -0.05) is 6.07 Å². The van der Waals surface area contributed by atoms with Crippen molar-refractivity contribution in [1.29, 1.82) is 0 Å². The summed E-state index contributed by atoms with van der Waals surface area (Å²) in [7, 11) is -2.25. The van der Waals surface area contributed by atoms with Crippen LogP contribution in [0.15, 0.2) is 41.3 Å². The van der Waals surface area contributed by atoms with Gasteiger partial charge in [-0.15, -0.1) is 0 Å². The molecule has 0 saturated carbocycles. The Labute approximate surface area is 170 Å². The second-order valence-electron chi connectivity index (χ2n) is 7.25. The van der Waals surface area contributed by atoms with E-state index >= 15 is 0 Å². The third kappa shape index (κ3) is 4.59. The highest BCUT2D eigenvalue weighted by atomic mass is 32.2. The van der Waals surface area contributed by atoms with Crippen LogP contribution < -0.4 is 10.1 Å². The largest absolute Gasteiger partial charge is 0.495 e. The van der Waals surface area contributed by atoms with E-state index in [2.05, 4.69) is 5.32 Å². The van der Waals surface area contributed by atoms with E-state index in [9.17, 15) is 17.6 Å². The predicted octanol–water partition coefficient (Wildman–Crippen LogP) is 3.03. The molecule has 1 amide bonds. The molecule has 3 rings (SSSR count). The second kappa shape index (κ2) is 8.51. The van der Waals surface area contributed by atoms with Gasteiger partial charge >= 0.3 is 0 Å². The number of nitrogens with one attached hydrogen (secondary N) is 1. The molecule has 0 bridgehead atoms. The summed E-state index contributed by atoms with van der Waals surface area (Å²) in [6.07, 6.45) is 0.959. The average Bonchev–Trinajstić information content (AvgIpc) is 2.70. The van der Waals surface area contributed by atoms with Gasteiger partial charge < -0.3 is 10.1 Å². The Balaban J connectivity index is 1.69. The van der Waals surface area contributed by atoms with E-state index in [4.69, 9.17) is 4.74 Å². The molecular formula is C21H25FN2O4S. The molecule has 1 aliphatic rings. The van der Waals surface area contributed by atoms with Gasteiger partial charge in [0.25, 0.3) is 5.91 Å². The molecule has 0 unspecified atom stereocenters. The van der Waals surface area contributed by atoms with E-state index in [1.165, 1.54) is 29.6 Å². The number of carbonyl (C=O) groups is 1. The van der Waals surface area contributed by atoms with Crippen LogP contribution in [-0.4, -0.2) is 44.9 Å². The normalized spacial score (nSPS) is 15.9. The lowest BCUT2D eigenvalue weighted by Crippen LogP contribution is -2.46. The van der Waals surface area contributed by atoms with Gasteiger partial charge in [0.05, 0.1) is 7.11 Å². The Morgan fingerprint density at radius 2 is 1.79 bits per heavy atom. The monoisotopic (exact) mass is 420 g/mol. The molecule has 1 saturated heterocycles. The van der Waals surface area contributed by atoms with Crippen LogP contribution >= 0.6 is 0 Å². The number of sulfonamides is 1. The molecular weight excluding hydrogens is 395 g/mol. The predicted molar refractivity (Wildman–Crippen MR) is 108 cm³/mol. The Morgan fingerprint density at radius 3 is 2.41 bits per heavy atom. The Bertz CT molecular complexity index is 1020. The van der Waals surface area contributed by atoms with Gasteiger partial charge in [-0.05, 0) is 68.1 Å². The minimum Gasteiger partial charge on any atom is -0.495 e. The van der Waals surface area contributed by atoms with E-state index in [-0.39, 0.29) is 35.5 Å². The van der Waals surface area contributed by atoms with E-state index in [1.54, 1.807) is 18.2 Å². The van der Waals surface area contributed by atoms with Gasteiger partial charge in [0.2, 0.25) is 10.0 Å². The van der Waals surface area contributed by atoms with Crippen LogP contribution in [0.1, 0.15) is 34.3 Å². The smallest absolute Gasteiger partial charge is 0.251 e. The number of benzene rings is 2. The van der Waals surface area contributed by atoms with Crippen LogP contribution in [-0.2, 0) is 10.0 Å². The summed E-state index contributed by atoms with van der Waals surface area (Å²) in [6.45, 7) is 4.34. The number of amides is 1. The van der Waals surface area contributed by atoms with Gasteiger partial charge in [0, 0.05) is 24.7 Å². The molecule has 1 aliphatic heterocycles. The van der Waals surface area contributed by atoms with E-state index in [1.807, 2.05) is 13.8 Å². The number of ether oxygens (including phenoxy) is 1. The van der Waals surface area contributed by atoms with Crippen molar-refractivity contribution in [1.82, 2.24) is 9.62 Å². The zero-order chi connectivity index (χ0) is 21.2. The lowest BCUT2D eigenvalue weighted by atomic mass is 10.1. The number of hydrogen-bond acceptors (Lipinski definition) is 4. The fourth-order valence-electron chi connectivity index (χ4n) is 3.40. The third-order valence-corrected chi connectivity index (χ3v) is 7.19. The van der Waals surface area contributed by atoms with Crippen LogP contribution in [0, 0.1) is 19.7 Å². The fraction of sp³-hybridized carbons (Fsp3) is 0.381. The zero-order valence-corrected chi connectivity index (χ0v) is 17.6. The van der Waals surface area contributed by atoms with Crippen LogP contribution in [0.4, 0.5) is 4.39 Å². The highest BCUT2D eigenvalue weighted by Crippen LogP contribution is 2.31. The molecule has 0 spiro atoms. The number of piperidine rings is 1. The summed E-state index contributed by atoms with van der Waals surface area (Å²) in [5.41, 5.74) is 2.08. The van der Waals surface area contributed by atoms with Crippen LogP contribution in [0.5, 0.6) is 5.75 Å². The molecule has 1 N–H and O–H groups in total. The number of nitrogens with zero attached hydrogens (tertiary/aromatic N) is 1. The lowest BCUT2D eigenvalue weighted by molar-refractivity contribution is 0.0923. The molecule has 156 valence electrons. The van der Waals surface area contributed by atoms with Gasteiger partial charge in [0.15, 0.2) is 0 Å². The summed E-state index contributed by atoms with van der Waals surface area (Å²) in [5, 5.41) is 2.86. The summed E-state index contributed by atoms with van der Waals surface area (Å²) in [6, 6.07) is 8.69. The summed E-state index contributed by atoms with van der Waals surface area (Å²) in [4.78, 5) is 12.4. The first-order valence-corrected chi connectivity index (χ1v) is 10.9. The molecule has 8 heteroatoms. The minimum atomic E-state index is -3.71. The van der Waals surface area contributed by atoms with Crippen molar-refractivity contribution < 1.29 is 22.3 Å². The summed E-state index contributed by atoms with van der Waals surface area (Å²) < 4.78 is 46.3. The summed E-state index contributed by atoms with van der Waals surface area (Å²) >= 11 is 0. The van der Waals surface area contributed by atoms with Crippen molar-refractivity contribution in [2.45, 2.75) is 37.6 Å². The number of carbonyl (C=O) groups excluding carboxylic acids is 1. The number of aryl methyl sites for hydroxylation is 2. The van der Waals surface area contributed by atoms with E-state index in [0.717, 1.165) is 11.1 Å². The minimum absolute atomic E-state index is 0.158. The maximum Gasteiger partial charge on any atom is 0.251 e. The average molecular weight is 421 g/mol. The Kier molecular flexibility index (Phi) is 6.24. The molecule has 1 heterocycles. The van der Waals surface area contributed by atoms with Crippen LogP contribution in [0.25, 0.3) is 0 Å². The van der Waals surface area contributed by atoms with Crippen molar-refractivity contribution in [2.75, 3.05) is 20.2 Å². The molecule has 0 aromatic heterocycles.